The van der Waals surface area contributed by atoms with Crippen molar-refractivity contribution in [3.63, 3.8) is 0 Å². The predicted molar refractivity (Wildman–Crippen MR) is 128 cm³/mol. The molecule has 1 unspecified atom stereocenters. The van der Waals surface area contributed by atoms with Gasteiger partial charge in [0.05, 0.1) is 30.3 Å². The third-order valence-corrected chi connectivity index (χ3v) is 7.32. The van der Waals surface area contributed by atoms with Gasteiger partial charge in [0.1, 0.15) is 0 Å². The lowest BCUT2D eigenvalue weighted by Crippen LogP contribution is -2.50. The van der Waals surface area contributed by atoms with E-state index in [1.807, 2.05) is 36.4 Å². The number of hydrogen-bond acceptors (Lipinski definition) is 5. The van der Waals surface area contributed by atoms with E-state index in [1.54, 1.807) is 30.3 Å². The molecule has 176 valence electrons. The van der Waals surface area contributed by atoms with Gasteiger partial charge in [0.2, 0.25) is 5.91 Å². The molecular formula is C25H25N3O5S. The van der Waals surface area contributed by atoms with Gasteiger partial charge in [0.15, 0.2) is 6.10 Å². The van der Waals surface area contributed by atoms with Crippen molar-refractivity contribution in [3.05, 3.63) is 96.1 Å². The van der Waals surface area contributed by atoms with E-state index >= 15 is 0 Å². The van der Waals surface area contributed by atoms with E-state index < -0.39 is 22.0 Å². The summed E-state index contributed by atoms with van der Waals surface area (Å²) in [4.78, 5) is 26.0. The normalized spacial score (nSPS) is 16.1. The highest BCUT2D eigenvalue weighted by atomic mass is 32.2. The highest BCUT2D eigenvalue weighted by Crippen LogP contribution is 2.27. The number of carbonyl (C=O) groups excluding carboxylic acids is 2. The fraction of sp³-hybridized carbons (Fsp3) is 0.200. The molecule has 0 aromatic heterocycles. The minimum atomic E-state index is -4.00. The van der Waals surface area contributed by atoms with Crippen LogP contribution < -0.4 is 10.0 Å². The van der Waals surface area contributed by atoms with Crippen molar-refractivity contribution in [1.29, 1.82) is 0 Å². The largest absolute Gasteiger partial charge is 0.367 e. The van der Waals surface area contributed by atoms with Crippen LogP contribution in [0, 0.1) is 0 Å². The number of nitrogens with zero attached hydrogens (tertiary/aromatic N) is 2. The quantitative estimate of drug-likeness (QED) is 0.560. The van der Waals surface area contributed by atoms with Crippen molar-refractivity contribution in [2.75, 3.05) is 24.0 Å². The molecule has 0 saturated carbocycles. The topological polar surface area (TPSA) is 110 Å². The van der Waals surface area contributed by atoms with Crippen LogP contribution >= 0.6 is 0 Å². The number of primary amides is 1. The summed E-state index contributed by atoms with van der Waals surface area (Å²) in [5.41, 5.74) is 6.86. The second-order valence-electron chi connectivity index (χ2n) is 7.87. The molecule has 2 N–H and O–H groups in total. The maximum Gasteiger partial charge on any atom is 0.264 e. The lowest BCUT2D eigenvalue weighted by atomic mass is 10.1. The zero-order valence-electron chi connectivity index (χ0n) is 18.4. The number of sulfonamides is 1. The molecule has 0 spiro atoms. The first-order valence-electron chi connectivity index (χ1n) is 10.8. The van der Waals surface area contributed by atoms with Crippen molar-refractivity contribution in [1.82, 2.24) is 4.90 Å². The maximum atomic E-state index is 13.7. The molecule has 9 heteroatoms. The van der Waals surface area contributed by atoms with Gasteiger partial charge in [0.25, 0.3) is 15.9 Å². The fourth-order valence-corrected chi connectivity index (χ4v) is 5.26. The summed E-state index contributed by atoms with van der Waals surface area (Å²) in [6.45, 7) is 0.615. The Balaban J connectivity index is 1.66. The van der Waals surface area contributed by atoms with Gasteiger partial charge in [-0.05, 0) is 35.9 Å². The Morgan fingerprint density at radius 1 is 0.971 bits per heavy atom. The molecule has 0 aliphatic carbocycles. The number of benzene rings is 3. The van der Waals surface area contributed by atoms with Gasteiger partial charge in [0, 0.05) is 12.1 Å². The molecule has 2 amide bonds. The van der Waals surface area contributed by atoms with Crippen LogP contribution in [0.25, 0.3) is 0 Å². The van der Waals surface area contributed by atoms with E-state index in [9.17, 15) is 18.0 Å². The van der Waals surface area contributed by atoms with Gasteiger partial charge in [-0.15, -0.1) is 0 Å². The first kappa shape index (κ1) is 23.5. The zero-order chi connectivity index (χ0) is 24.1. The van der Waals surface area contributed by atoms with Crippen LogP contribution in [-0.2, 0) is 26.1 Å². The smallest absolute Gasteiger partial charge is 0.264 e. The molecule has 4 rings (SSSR count). The van der Waals surface area contributed by atoms with E-state index in [-0.39, 0.29) is 42.6 Å². The van der Waals surface area contributed by atoms with Crippen LogP contribution in [0.2, 0.25) is 0 Å². The number of anilines is 1. The minimum Gasteiger partial charge on any atom is -0.367 e. The molecule has 1 atom stereocenters. The van der Waals surface area contributed by atoms with Crippen molar-refractivity contribution < 1.29 is 22.7 Å². The second-order valence-corrected chi connectivity index (χ2v) is 9.74. The number of para-hydroxylation sites is 1. The molecule has 34 heavy (non-hydrogen) atoms. The average molecular weight is 480 g/mol. The summed E-state index contributed by atoms with van der Waals surface area (Å²) >= 11 is 0. The summed E-state index contributed by atoms with van der Waals surface area (Å²) < 4.78 is 34.1. The number of nitrogens with two attached hydrogens (primary N) is 1. The van der Waals surface area contributed by atoms with Crippen molar-refractivity contribution in [2.24, 2.45) is 5.73 Å². The van der Waals surface area contributed by atoms with Crippen LogP contribution in [-0.4, -0.2) is 50.9 Å². The van der Waals surface area contributed by atoms with Crippen LogP contribution in [0.3, 0.4) is 0 Å². The lowest BCUT2D eigenvalue weighted by molar-refractivity contribution is -0.133. The highest BCUT2D eigenvalue weighted by Gasteiger charge is 2.30. The monoisotopic (exact) mass is 479 g/mol. The van der Waals surface area contributed by atoms with Crippen molar-refractivity contribution in [2.45, 2.75) is 17.5 Å². The molecule has 0 radical (unpaired) electrons. The van der Waals surface area contributed by atoms with E-state index in [0.29, 0.717) is 5.69 Å². The minimum absolute atomic E-state index is 0.00200. The lowest BCUT2D eigenvalue weighted by Gasteiger charge is -2.31. The number of hydrogen-bond donors (Lipinski definition) is 1. The number of morpholine rings is 1. The van der Waals surface area contributed by atoms with Gasteiger partial charge in [-0.3, -0.25) is 13.9 Å². The Morgan fingerprint density at radius 3 is 2.32 bits per heavy atom. The highest BCUT2D eigenvalue weighted by molar-refractivity contribution is 7.92. The van der Waals surface area contributed by atoms with Gasteiger partial charge in [-0.2, -0.15) is 0 Å². The average Bonchev–Trinajstić information content (AvgIpc) is 2.88. The van der Waals surface area contributed by atoms with Crippen LogP contribution in [0.15, 0.2) is 89.8 Å². The van der Waals surface area contributed by atoms with Crippen LogP contribution in [0.4, 0.5) is 5.69 Å². The Hall–Kier alpha value is -3.69. The molecule has 8 nitrogen and oxygen atoms in total. The standard InChI is InChI=1S/C25H25N3O5S/c26-24(29)23-18-27(14-15-33-23)25(30)20-10-7-13-22(16-20)34(31,32)28(21-11-5-2-6-12-21)17-19-8-3-1-4-9-19/h1-13,16,23H,14-15,17-18H2,(H2,26,29). The summed E-state index contributed by atoms with van der Waals surface area (Å²) in [5.74, 6) is -1.03. The molecule has 3 aromatic carbocycles. The molecule has 1 heterocycles. The third-order valence-electron chi connectivity index (χ3n) is 5.55. The van der Waals surface area contributed by atoms with Gasteiger partial charge in [-0.1, -0.05) is 54.6 Å². The molecule has 1 saturated heterocycles. The zero-order valence-corrected chi connectivity index (χ0v) is 19.2. The molecule has 1 aliphatic heterocycles. The summed E-state index contributed by atoms with van der Waals surface area (Å²) in [5, 5.41) is 0. The number of amides is 2. The van der Waals surface area contributed by atoms with Crippen LogP contribution in [0.5, 0.6) is 0 Å². The van der Waals surface area contributed by atoms with E-state index in [0.717, 1.165) is 5.56 Å². The third kappa shape index (κ3) is 5.11. The summed E-state index contributed by atoms with van der Waals surface area (Å²) in [6.07, 6.45) is -0.885. The number of ether oxygens (including phenoxy) is 1. The number of rotatable bonds is 7. The van der Waals surface area contributed by atoms with Gasteiger partial charge >= 0.3 is 0 Å². The Bertz CT molecular complexity index is 1270. The van der Waals surface area contributed by atoms with E-state index in [4.69, 9.17) is 10.5 Å². The molecular weight excluding hydrogens is 454 g/mol. The fourth-order valence-electron chi connectivity index (χ4n) is 3.76. The SMILES string of the molecule is NC(=O)C1CN(C(=O)c2cccc(S(=O)(=O)N(Cc3ccccc3)c3ccccc3)c2)CCO1. The summed E-state index contributed by atoms with van der Waals surface area (Å²) in [6, 6.07) is 24.1. The molecule has 0 bridgehead atoms. The Kier molecular flexibility index (Phi) is 6.95. The maximum absolute atomic E-state index is 13.7. The summed E-state index contributed by atoms with van der Waals surface area (Å²) in [7, 11) is -4.00. The van der Waals surface area contributed by atoms with Crippen molar-refractivity contribution >= 4 is 27.5 Å². The first-order chi connectivity index (χ1) is 16.4. The van der Waals surface area contributed by atoms with Crippen molar-refractivity contribution in [3.8, 4) is 0 Å². The Morgan fingerprint density at radius 2 is 1.65 bits per heavy atom. The molecule has 1 fully saturated rings. The number of carbonyl (C=O) groups is 2. The van der Waals surface area contributed by atoms with Crippen LogP contribution in [0.1, 0.15) is 15.9 Å². The first-order valence-corrected chi connectivity index (χ1v) is 12.2. The predicted octanol–water partition coefficient (Wildman–Crippen LogP) is 2.41. The van der Waals surface area contributed by atoms with E-state index in [1.165, 1.54) is 27.4 Å². The van der Waals surface area contributed by atoms with Gasteiger partial charge < -0.3 is 15.4 Å². The second kappa shape index (κ2) is 10.1. The van der Waals surface area contributed by atoms with E-state index in [2.05, 4.69) is 0 Å². The van der Waals surface area contributed by atoms with Gasteiger partial charge in [-0.25, -0.2) is 8.42 Å². The Labute approximate surface area is 198 Å². The molecule has 1 aliphatic rings. The molecule has 3 aromatic rings.